The Morgan fingerprint density at radius 1 is 1.47 bits per heavy atom. The molecule has 0 bridgehead atoms. The van der Waals surface area contributed by atoms with Crippen LogP contribution in [-0.2, 0) is 0 Å². The van der Waals surface area contributed by atoms with Gasteiger partial charge in [-0.2, -0.15) is 0 Å². The lowest BCUT2D eigenvalue weighted by molar-refractivity contribution is 0.101. The highest BCUT2D eigenvalue weighted by atomic mass is 79.9. The fourth-order valence-electron chi connectivity index (χ4n) is 1.16. The van der Waals surface area contributed by atoms with Gasteiger partial charge in [0.25, 0.3) is 0 Å². The first-order valence-electron chi connectivity index (χ1n) is 4.94. The van der Waals surface area contributed by atoms with Crippen molar-refractivity contribution in [2.75, 3.05) is 6.61 Å². The van der Waals surface area contributed by atoms with E-state index in [-0.39, 0.29) is 5.78 Å². The zero-order chi connectivity index (χ0) is 11.4. The fraction of sp³-hybridized carbons (Fsp3) is 0.417. The summed E-state index contributed by atoms with van der Waals surface area (Å²) in [4.78, 5) is 11.3. The summed E-state index contributed by atoms with van der Waals surface area (Å²) < 4.78 is 6.51. The minimum atomic E-state index is 0.0289. The van der Waals surface area contributed by atoms with Crippen LogP contribution < -0.4 is 4.74 Å². The summed E-state index contributed by atoms with van der Waals surface area (Å²) >= 11 is 3.36. The molecule has 0 amide bonds. The zero-order valence-electron chi connectivity index (χ0n) is 9.21. The third-order valence-corrected chi connectivity index (χ3v) is 2.39. The van der Waals surface area contributed by atoms with Gasteiger partial charge in [0.15, 0.2) is 5.78 Å². The van der Waals surface area contributed by atoms with Crippen LogP contribution in [0, 0.1) is 5.92 Å². The van der Waals surface area contributed by atoms with Crippen LogP contribution in [0.25, 0.3) is 0 Å². The van der Waals surface area contributed by atoms with Crippen molar-refractivity contribution in [1.29, 1.82) is 0 Å². The predicted molar refractivity (Wildman–Crippen MR) is 64.5 cm³/mol. The number of hydrogen-bond acceptors (Lipinski definition) is 2. The molecule has 3 heteroatoms. The molecule has 82 valence electrons. The Kier molecular flexibility index (Phi) is 4.33. The van der Waals surface area contributed by atoms with Crippen molar-refractivity contribution in [2.45, 2.75) is 20.8 Å². The minimum absolute atomic E-state index is 0.0289. The Morgan fingerprint density at radius 2 is 2.13 bits per heavy atom. The molecule has 1 aromatic carbocycles. The van der Waals surface area contributed by atoms with Crippen LogP contribution in [0.15, 0.2) is 22.7 Å². The van der Waals surface area contributed by atoms with E-state index < -0.39 is 0 Å². The topological polar surface area (TPSA) is 26.3 Å². The number of benzene rings is 1. The second-order valence-electron chi connectivity index (χ2n) is 3.90. The van der Waals surface area contributed by atoms with Gasteiger partial charge in [-0.25, -0.2) is 0 Å². The van der Waals surface area contributed by atoms with Gasteiger partial charge in [-0.05, 0) is 31.0 Å². The maximum Gasteiger partial charge on any atom is 0.163 e. The van der Waals surface area contributed by atoms with E-state index in [9.17, 15) is 4.79 Å². The van der Waals surface area contributed by atoms with Gasteiger partial charge >= 0.3 is 0 Å². The lowest BCUT2D eigenvalue weighted by Gasteiger charge is -2.11. The molecule has 0 aromatic heterocycles. The van der Waals surface area contributed by atoms with Crippen LogP contribution in [0.1, 0.15) is 31.1 Å². The van der Waals surface area contributed by atoms with Crippen molar-refractivity contribution >= 4 is 21.7 Å². The smallest absolute Gasteiger partial charge is 0.163 e. The molecule has 0 saturated heterocycles. The van der Waals surface area contributed by atoms with E-state index in [1.54, 1.807) is 13.0 Å². The molecule has 0 spiro atoms. The van der Waals surface area contributed by atoms with Gasteiger partial charge in [-0.3, -0.25) is 4.79 Å². The standard InChI is InChI=1S/C12H15BrO2/c1-8(2)7-15-12-6-10(13)4-5-11(12)9(3)14/h4-6,8H,7H2,1-3H3. The number of halogens is 1. The fourth-order valence-corrected chi connectivity index (χ4v) is 1.50. The number of carbonyl (C=O) groups is 1. The van der Waals surface area contributed by atoms with Crippen LogP contribution in [0.4, 0.5) is 0 Å². The van der Waals surface area contributed by atoms with Crippen molar-refractivity contribution < 1.29 is 9.53 Å². The molecule has 0 radical (unpaired) electrons. The van der Waals surface area contributed by atoms with Crippen molar-refractivity contribution in [2.24, 2.45) is 5.92 Å². The van der Waals surface area contributed by atoms with E-state index in [2.05, 4.69) is 29.8 Å². The highest BCUT2D eigenvalue weighted by Gasteiger charge is 2.09. The Bertz CT molecular complexity index is 359. The number of carbonyl (C=O) groups excluding carboxylic acids is 1. The van der Waals surface area contributed by atoms with E-state index in [1.807, 2.05) is 12.1 Å². The number of Topliss-reactive ketones (excluding diaryl/α,β-unsaturated/α-hetero) is 1. The Labute approximate surface area is 98.8 Å². The summed E-state index contributed by atoms with van der Waals surface area (Å²) in [5.74, 6) is 1.13. The Hall–Kier alpha value is -0.830. The molecule has 0 N–H and O–H groups in total. The molecular formula is C12H15BrO2. The lowest BCUT2D eigenvalue weighted by Crippen LogP contribution is -2.07. The molecule has 15 heavy (non-hydrogen) atoms. The molecule has 1 rings (SSSR count). The van der Waals surface area contributed by atoms with E-state index in [0.29, 0.717) is 23.8 Å². The Morgan fingerprint density at radius 3 is 2.67 bits per heavy atom. The molecule has 2 nitrogen and oxygen atoms in total. The van der Waals surface area contributed by atoms with Crippen LogP contribution >= 0.6 is 15.9 Å². The molecule has 0 saturated carbocycles. The van der Waals surface area contributed by atoms with Gasteiger partial charge in [0.2, 0.25) is 0 Å². The number of hydrogen-bond donors (Lipinski definition) is 0. The summed E-state index contributed by atoms with van der Waals surface area (Å²) in [6, 6.07) is 5.46. The average Bonchev–Trinajstić information content (AvgIpc) is 2.14. The van der Waals surface area contributed by atoms with Crippen molar-refractivity contribution in [1.82, 2.24) is 0 Å². The van der Waals surface area contributed by atoms with Crippen molar-refractivity contribution in [3.63, 3.8) is 0 Å². The summed E-state index contributed by atoms with van der Waals surface area (Å²) in [5, 5.41) is 0. The molecule has 0 atom stereocenters. The molecule has 0 aliphatic carbocycles. The Balaban J connectivity index is 2.92. The summed E-state index contributed by atoms with van der Waals surface area (Å²) in [6.45, 7) is 6.32. The third-order valence-electron chi connectivity index (χ3n) is 1.90. The molecular weight excluding hydrogens is 256 g/mol. The average molecular weight is 271 g/mol. The number of ether oxygens (including phenoxy) is 1. The molecule has 0 heterocycles. The second kappa shape index (κ2) is 5.31. The number of rotatable bonds is 4. The third kappa shape index (κ3) is 3.67. The predicted octanol–water partition coefficient (Wildman–Crippen LogP) is 3.69. The van der Waals surface area contributed by atoms with Crippen LogP contribution in [-0.4, -0.2) is 12.4 Å². The zero-order valence-corrected chi connectivity index (χ0v) is 10.8. The van der Waals surface area contributed by atoms with Crippen molar-refractivity contribution in [3.8, 4) is 5.75 Å². The van der Waals surface area contributed by atoms with E-state index in [0.717, 1.165) is 4.47 Å². The number of ketones is 1. The summed E-state index contributed by atoms with van der Waals surface area (Å²) in [7, 11) is 0. The van der Waals surface area contributed by atoms with Crippen LogP contribution in [0.2, 0.25) is 0 Å². The maximum atomic E-state index is 11.3. The molecule has 1 aromatic rings. The first-order valence-corrected chi connectivity index (χ1v) is 5.73. The monoisotopic (exact) mass is 270 g/mol. The second-order valence-corrected chi connectivity index (χ2v) is 4.82. The largest absolute Gasteiger partial charge is 0.493 e. The summed E-state index contributed by atoms with van der Waals surface area (Å²) in [6.07, 6.45) is 0. The van der Waals surface area contributed by atoms with Gasteiger partial charge in [0, 0.05) is 4.47 Å². The molecule has 0 aliphatic rings. The molecule has 0 unspecified atom stereocenters. The SMILES string of the molecule is CC(=O)c1ccc(Br)cc1OCC(C)C. The van der Waals surface area contributed by atoms with Gasteiger partial charge < -0.3 is 4.74 Å². The van der Waals surface area contributed by atoms with Gasteiger partial charge in [0.05, 0.1) is 12.2 Å². The van der Waals surface area contributed by atoms with Gasteiger partial charge in [0.1, 0.15) is 5.75 Å². The minimum Gasteiger partial charge on any atom is -0.493 e. The normalized spacial score (nSPS) is 10.5. The molecule has 0 aliphatic heterocycles. The van der Waals surface area contributed by atoms with E-state index >= 15 is 0 Å². The van der Waals surface area contributed by atoms with E-state index in [4.69, 9.17) is 4.74 Å². The molecule has 0 fully saturated rings. The lowest BCUT2D eigenvalue weighted by atomic mass is 10.1. The first-order chi connectivity index (χ1) is 7.00. The first kappa shape index (κ1) is 12.2. The quantitative estimate of drug-likeness (QED) is 0.781. The maximum absolute atomic E-state index is 11.3. The van der Waals surface area contributed by atoms with Gasteiger partial charge in [-0.15, -0.1) is 0 Å². The van der Waals surface area contributed by atoms with Crippen LogP contribution in [0.3, 0.4) is 0 Å². The van der Waals surface area contributed by atoms with Gasteiger partial charge in [-0.1, -0.05) is 29.8 Å². The van der Waals surface area contributed by atoms with E-state index in [1.165, 1.54) is 0 Å². The highest BCUT2D eigenvalue weighted by Crippen LogP contribution is 2.24. The van der Waals surface area contributed by atoms with Crippen molar-refractivity contribution in [3.05, 3.63) is 28.2 Å². The summed E-state index contributed by atoms with van der Waals surface area (Å²) in [5.41, 5.74) is 0.638. The highest BCUT2D eigenvalue weighted by molar-refractivity contribution is 9.10. The van der Waals surface area contributed by atoms with Crippen LogP contribution in [0.5, 0.6) is 5.75 Å².